The topological polar surface area (TPSA) is 113 Å². The first kappa shape index (κ1) is 32.4. The standard InChI is InChI=1S/C29H41N3O5S2/c1-5-6-11-29(35)32(17-16-28(34)30-25(20-38)18-21(2)3)19-23-12-14-24(15-13-23)26-9-7-8-10-27(26)39(36,37)31-22(4)33/h7-10,12-15,21,25,38H,5-6,11,16-20H2,1-4H3,(H,30,34)(H,31,33)/t25-/m1/s1. The van der Waals surface area contributed by atoms with Gasteiger partial charge in [-0.15, -0.1) is 0 Å². The number of sulfonamides is 1. The Morgan fingerprint density at radius 1 is 1.00 bits per heavy atom. The Hall–Kier alpha value is -2.85. The first-order chi connectivity index (χ1) is 18.5. The molecule has 0 aliphatic carbocycles. The highest BCUT2D eigenvalue weighted by molar-refractivity contribution is 7.90. The van der Waals surface area contributed by atoms with Crippen molar-refractivity contribution in [1.82, 2.24) is 14.9 Å². The highest BCUT2D eigenvalue weighted by Crippen LogP contribution is 2.27. The summed E-state index contributed by atoms with van der Waals surface area (Å²) in [6, 6.07) is 13.7. The molecular weight excluding hydrogens is 534 g/mol. The summed E-state index contributed by atoms with van der Waals surface area (Å²) in [4.78, 5) is 38.7. The van der Waals surface area contributed by atoms with Crippen molar-refractivity contribution < 1.29 is 22.8 Å². The molecule has 2 aromatic carbocycles. The van der Waals surface area contributed by atoms with E-state index >= 15 is 0 Å². The Kier molecular flexibility index (Phi) is 13.0. The van der Waals surface area contributed by atoms with E-state index < -0.39 is 15.9 Å². The van der Waals surface area contributed by atoms with Crippen LogP contribution >= 0.6 is 12.6 Å². The maximum absolute atomic E-state index is 13.0. The van der Waals surface area contributed by atoms with E-state index in [2.05, 4.69) is 31.8 Å². The van der Waals surface area contributed by atoms with Crippen molar-refractivity contribution in [2.75, 3.05) is 12.3 Å². The minimum Gasteiger partial charge on any atom is -0.352 e. The van der Waals surface area contributed by atoms with Crippen molar-refractivity contribution in [3.63, 3.8) is 0 Å². The van der Waals surface area contributed by atoms with E-state index in [0.29, 0.717) is 42.3 Å². The molecule has 0 aromatic heterocycles. The average molecular weight is 576 g/mol. The number of thiol groups is 1. The van der Waals surface area contributed by atoms with E-state index in [1.54, 1.807) is 35.2 Å². The molecule has 214 valence electrons. The predicted molar refractivity (Wildman–Crippen MR) is 158 cm³/mol. The average Bonchev–Trinajstić information content (AvgIpc) is 2.88. The molecule has 2 N–H and O–H groups in total. The van der Waals surface area contributed by atoms with Gasteiger partial charge in [0.2, 0.25) is 17.7 Å². The van der Waals surface area contributed by atoms with Crippen LogP contribution in [0.25, 0.3) is 11.1 Å². The van der Waals surface area contributed by atoms with Gasteiger partial charge in [-0.1, -0.05) is 69.7 Å². The van der Waals surface area contributed by atoms with Crippen LogP contribution in [0.1, 0.15) is 65.4 Å². The van der Waals surface area contributed by atoms with Gasteiger partial charge in [0.1, 0.15) is 0 Å². The second-order valence-electron chi connectivity index (χ2n) is 10.1. The minimum absolute atomic E-state index is 0.00467. The molecule has 10 heteroatoms. The maximum Gasteiger partial charge on any atom is 0.264 e. The Balaban J connectivity index is 2.18. The normalized spacial score (nSPS) is 12.2. The van der Waals surface area contributed by atoms with Gasteiger partial charge in [0.05, 0.1) is 4.90 Å². The summed E-state index contributed by atoms with van der Waals surface area (Å²) in [5.74, 6) is 0.228. The van der Waals surface area contributed by atoms with Crippen LogP contribution in [0.4, 0.5) is 0 Å². The SMILES string of the molecule is CCCCC(=O)N(CCC(=O)N[C@@H](CS)CC(C)C)Cc1ccc(-c2ccccc2S(=O)(=O)NC(C)=O)cc1. The minimum atomic E-state index is -4.02. The van der Waals surface area contributed by atoms with Crippen molar-refractivity contribution in [3.05, 3.63) is 54.1 Å². The van der Waals surface area contributed by atoms with Gasteiger partial charge in [0, 0.05) is 50.2 Å². The Morgan fingerprint density at radius 2 is 1.67 bits per heavy atom. The van der Waals surface area contributed by atoms with Gasteiger partial charge >= 0.3 is 0 Å². The summed E-state index contributed by atoms with van der Waals surface area (Å²) in [6.07, 6.45) is 3.13. The summed E-state index contributed by atoms with van der Waals surface area (Å²) >= 11 is 4.35. The predicted octanol–water partition coefficient (Wildman–Crippen LogP) is 4.55. The first-order valence-corrected chi connectivity index (χ1v) is 15.5. The summed E-state index contributed by atoms with van der Waals surface area (Å²) in [5, 5.41) is 3.03. The van der Waals surface area contributed by atoms with Gasteiger partial charge in [0.25, 0.3) is 10.0 Å². The zero-order valence-corrected chi connectivity index (χ0v) is 25.0. The monoisotopic (exact) mass is 575 g/mol. The molecule has 0 bridgehead atoms. The molecule has 0 heterocycles. The van der Waals surface area contributed by atoms with E-state index in [-0.39, 0.29) is 29.2 Å². The largest absolute Gasteiger partial charge is 0.352 e. The van der Waals surface area contributed by atoms with Crippen molar-refractivity contribution in [2.24, 2.45) is 5.92 Å². The molecule has 0 saturated carbocycles. The van der Waals surface area contributed by atoms with Crippen LogP contribution in [0.15, 0.2) is 53.4 Å². The fourth-order valence-electron chi connectivity index (χ4n) is 4.26. The van der Waals surface area contributed by atoms with Crippen LogP contribution in [-0.4, -0.2) is 49.4 Å². The van der Waals surface area contributed by atoms with Crippen LogP contribution < -0.4 is 10.0 Å². The van der Waals surface area contributed by atoms with Gasteiger partial charge < -0.3 is 10.2 Å². The molecule has 39 heavy (non-hydrogen) atoms. The van der Waals surface area contributed by atoms with E-state index in [9.17, 15) is 22.8 Å². The molecule has 0 fully saturated rings. The number of nitrogens with one attached hydrogen (secondary N) is 2. The molecule has 2 rings (SSSR count). The fraction of sp³-hybridized carbons (Fsp3) is 0.483. The molecule has 0 aliphatic rings. The lowest BCUT2D eigenvalue weighted by Gasteiger charge is -2.24. The third kappa shape index (κ3) is 10.7. The Bertz CT molecular complexity index is 1210. The molecular formula is C29H41N3O5S2. The highest BCUT2D eigenvalue weighted by Gasteiger charge is 2.21. The molecule has 0 radical (unpaired) electrons. The van der Waals surface area contributed by atoms with Crippen LogP contribution in [0, 0.1) is 5.92 Å². The summed E-state index contributed by atoms with van der Waals surface area (Å²) in [7, 11) is -4.02. The van der Waals surface area contributed by atoms with Gasteiger partial charge in [-0.05, 0) is 36.0 Å². The smallest absolute Gasteiger partial charge is 0.264 e. The van der Waals surface area contributed by atoms with Crippen LogP contribution in [0.2, 0.25) is 0 Å². The number of nitrogens with zero attached hydrogens (tertiary/aromatic N) is 1. The number of hydrogen-bond acceptors (Lipinski definition) is 6. The second-order valence-corrected chi connectivity index (χ2v) is 12.1. The zero-order valence-electron chi connectivity index (χ0n) is 23.3. The van der Waals surface area contributed by atoms with Gasteiger partial charge in [-0.3, -0.25) is 14.4 Å². The fourth-order valence-corrected chi connectivity index (χ4v) is 5.72. The van der Waals surface area contributed by atoms with Gasteiger partial charge in [-0.2, -0.15) is 12.6 Å². The maximum atomic E-state index is 13.0. The van der Waals surface area contributed by atoms with Gasteiger partial charge in [0.15, 0.2) is 0 Å². The number of hydrogen-bond donors (Lipinski definition) is 3. The lowest BCUT2D eigenvalue weighted by Crippen LogP contribution is -2.40. The van der Waals surface area contributed by atoms with Crippen molar-refractivity contribution in [3.8, 4) is 11.1 Å². The summed E-state index contributed by atoms with van der Waals surface area (Å²) < 4.78 is 27.3. The molecule has 3 amide bonds. The first-order valence-electron chi connectivity index (χ1n) is 13.4. The third-order valence-electron chi connectivity index (χ3n) is 6.14. The van der Waals surface area contributed by atoms with Gasteiger partial charge in [-0.25, -0.2) is 13.1 Å². The lowest BCUT2D eigenvalue weighted by molar-refractivity contribution is -0.132. The highest BCUT2D eigenvalue weighted by atomic mass is 32.2. The zero-order chi connectivity index (χ0) is 29.0. The number of amides is 3. The van der Waals surface area contributed by atoms with Crippen LogP contribution in [0.3, 0.4) is 0 Å². The Morgan fingerprint density at radius 3 is 2.26 bits per heavy atom. The van der Waals surface area contributed by atoms with Crippen molar-refractivity contribution in [2.45, 2.75) is 77.3 Å². The lowest BCUT2D eigenvalue weighted by atomic mass is 10.0. The molecule has 8 nitrogen and oxygen atoms in total. The summed E-state index contributed by atoms with van der Waals surface area (Å²) in [5.41, 5.74) is 1.99. The van der Waals surface area contributed by atoms with E-state index in [1.807, 2.05) is 23.8 Å². The molecule has 0 spiro atoms. The van der Waals surface area contributed by atoms with Crippen LogP contribution in [-0.2, 0) is 31.0 Å². The number of benzene rings is 2. The second kappa shape index (κ2) is 15.7. The van der Waals surface area contributed by atoms with Crippen LogP contribution in [0.5, 0.6) is 0 Å². The number of carbonyl (C=O) groups excluding carboxylic acids is 3. The Labute approximate surface area is 238 Å². The van der Waals surface area contributed by atoms with E-state index in [1.165, 1.54) is 6.07 Å². The van der Waals surface area contributed by atoms with E-state index in [4.69, 9.17) is 0 Å². The molecule has 0 unspecified atom stereocenters. The third-order valence-corrected chi connectivity index (χ3v) is 8.07. The number of rotatable bonds is 15. The van der Waals surface area contributed by atoms with Crippen molar-refractivity contribution >= 4 is 40.4 Å². The molecule has 0 saturated heterocycles. The quantitative estimate of drug-likeness (QED) is 0.270. The molecule has 2 aromatic rings. The number of unbranched alkanes of at least 4 members (excludes halogenated alkanes) is 1. The summed E-state index contributed by atoms with van der Waals surface area (Å²) in [6.45, 7) is 8.01. The molecule has 0 aliphatic heterocycles. The molecule has 1 atom stereocenters. The van der Waals surface area contributed by atoms with E-state index in [0.717, 1.165) is 31.7 Å². The number of carbonyl (C=O) groups is 3. The van der Waals surface area contributed by atoms with Crippen molar-refractivity contribution in [1.29, 1.82) is 0 Å².